The summed E-state index contributed by atoms with van der Waals surface area (Å²) in [5.41, 5.74) is 0. The van der Waals surface area contributed by atoms with E-state index in [1.807, 2.05) is 0 Å². The SMILES string of the molecule is O=S(=O)(Cl)CC(O)C1CCCOC1. The average molecular weight is 229 g/mol. The lowest BCUT2D eigenvalue weighted by Gasteiger charge is -2.25. The molecule has 1 fully saturated rings. The van der Waals surface area contributed by atoms with Gasteiger partial charge in [0.1, 0.15) is 0 Å². The molecule has 78 valence electrons. The molecule has 4 nitrogen and oxygen atoms in total. The van der Waals surface area contributed by atoms with Crippen molar-refractivity contribution in [1.29, 1.82) is 0 Å². The van der Waals surface area contributed by atoms with Crippen molar-refractivity contribution in [2.45, 2.75) is 18.9 Å². The second-order valence-corrected chi connectivity index (χ2v) is 6.07. The van der Waals surface area contributed by atoms with E-state index in [0.717, 1.165) is 12.8 Å². The molecule has 0 aromatic carbocycles. The standard InChI is InChI=1S/C7H13ClO4S/c8-13(10,11)5-7(9)6-2-1-3-12-4-6/h6-7,9H,1-5H2. The number of halogens is 1. The molecule has 0 aliphatic carbocycles. The molecule has 13 heavy (non-hydrogen) atoms. The molecule has 1 N–H and O–H groups in total. The summed E-state index contributed by atoms with van der Waals surface area (Å²) in [6, 6.07) is 0. The number of hydrogen-bond acceptors (Lipinski definition) is 4. The molecule has 1 aliphatic heterocycles. The van der Waals surface area contributed by atoms with E-state index in [9.17, 15) is 13.5 Å². The summed E-state index contributed by atoms with van der Waals surface area (Å²) in [5, 5.41) is 9.47. The average Bonchev–Trinajstić information content (AvgIpc) is 2.03. The van der Waals surface area contributed by atoms with E-state index in [1.54, 1.807) is 0 Å². The highest BCUT2D eigenvalue weighted by molar-refractivity contribution is 8.13. The Labute approximate surface area is 82.3 Å². The van der Waals surface area contributed by atoms with Gasteiger partial charge < -0.3 is 9.84 Å². The maximum Gasteiger partial charge on any atom is 0.235 e. The summed E-state index contributed by atoms with van der Waals surface area (Å²) in [4.78, 5) is 0. The zero-order chi connectivity index (χ0) is 9.90. The van der Waals surface area contributed by atoms with Crippen molar-refractivity contribution >= 4 is 19.7 Å². The van der Waals surface area contributed by atoms with Crippen LogP contribution in [0.5, 0.6) is 0 Å². The minimum Gasteiger partial charge on any atom is -0.392 e. The van der Waals surface area contributed by atoms with Gasteiger partial charge in [0.2, 0.25) is 9.05 Å². The topological polar surface area (TPSA) is 63.6 Å². The predicted octanol–water partition coefficient (Wildman–Crippen LogP) is 0.343. The van der Waals surface area contributed by atoms with Gasteiger partial charge in [-0.25, -0.2) is 8.42 Å². The van der Waals surface area contributed by atoms with Gasteiger partial charge in [-0.15, -0.1) is 0 Å². The zero-order valence-electron chi connectivity index (χ0n) is 7.15. The highest BCUT2D eigenvalue weighted by Gasteiger charge is 2.25. The Morgan fingerprint density at radius 2 is 2.31 bits per heavy atom. The smallest absolute Gasteiger partial charge is 0.235 e. The molecular weight excluding hydrogens is 216 g/mol. The number of aliphatic hydroxyl groups excluding tert-OH is 1. The molecule has 0 aromatic rings. The van der Waals surface area contributed by atoms with Gasteiger partial charge in [0.15, 0.2) is 0 Å². The molecule has 6 heteroatoms. The lowest BCUT2D eigenvalue weighted by atomic mass is 9.97. The van der Waals surface area contributed by atoms with E-state index in [2.05, 4.69) is 0 Å². The van der Waals surface area contributed by atoms with Crippen molar-refractivity contribution in [3.8, 4) is 0 Å². The van der Waals surface area contributed by atoms with Gasteiger partial charge in [-0.3, -0.25) is 0 Å². The van der Waals surface area contributed by atoms with Crippen molar-refractivity contribution in [1.82, 2.24) is 0 Å². The Balaban J connectivity index is 2.42. The van der Waals surface area contributed by atoms with E-state index in [-0.39, 0.29) is 11.7 Å². The van der Waals surface area contributed by atoms with Crippen LogP contribution in [0.15, 0.2) is 0 Å². The van der Waals surface area contributed by atoms with Crippen molar-refractivity contribution < 1.29 is 18.3 Å². The third-order valence-electron chi connectivity index (χ3n) is 2.11. The Morgan fingerprint density at radius 3 is 2.77 bits per heavy atom. The maximum atomic E-state index is 10.6. The van der Waals surface area contributed by atoms with Gasteiger partial charge >= 0.3 is 0 Å². The summed E-state index contributed by atoms with van der Waals surface area (Å²) in [7, 11) is 1.41. The van der Waals surface area contributed by atoms with E-state index >= 15 is 0 Å². The number of hydrogen-bond donors (Lipinski definition) is 1. The number of ether oxygens (including phenoxy) is 1. The van der Waals surface area contributed by atoms with Crippen LogP contribution in [0.2, 0.25) is 0 Å². The largest absolute Gasteiger partial charge is 0.392 e. The molecule has 0 spiro atoms. The normalized spacial score (nSPS) is 27.1. The lowest BCUT2D eigenvalue weighted by molar-refractivity contribution is -0.000444. The predicted molar refractivity (Wildman–Crippen MR) is 49.2 cm³/mol. The second kappa shape index (κ2) is 4.59. The van der Waals surface area contributed by atoms with E-state index in [1.165, 1.54) is 0 Å². The van der Waals surface area contributed by atoms with Gasteiger partial charge in [-0.1, -0.05) is 0 Å². The van der Waals surface area contributed by atoms with Crippen LogP contribution in [0.25, 0.3) is 0 Å². The summed E-state index contributed by atoms with van der Waals surface area (Å²) >= 11 is 0. The minimum atomic E-state index is -3.61. The molecule has 1 aliphatic rings. The zero-order valence-corrected chi connectivity index (χ0v) is 8.72. The van der Waals surface area contributed by atoms with Crippen LogP contribution in [0.4, 0.5) is 0 Å². The quantitative estimate of drug-likeness (QED) is 0.708. The van der Waals surface area contributed by atoms with Crippen molar-refractivity contribution in [3.63, 3.8) is 0 Å². The van der Waals surface area contributed by atoms with Crippen LogP contribution in [0.1, 0.15) is 12.8 Å². The van der Waals surface area contributed by atoms with Gasteiger partial charge in [0.25, 0.3) is 0 Å². The minimum absolute atomic E-state index is 0.0951. The number of aliphatic hydroxyl groups is 1. The maximum absolute atomic E-state index is 10.6. The Hall–Kier alpha value is 0.160. The van der Waals surface area contributed by atoms with Crippen LogP contribution in [0, 0.1) is 5.92 Å². The third-order valence-corrected chi connectivity index (χ3v) is 3.23. The first-order valence-corrected chi connectivity index (χ1v) is 6.65. The monoisotopic (exact) mass is 228 g/mol. The van der Waals surface area contributed by atoms with Crippen LogP contribution < -0.4 is 0 Å². The summed E-state index contributed by atoms with van der Waals surface area (Å²) in [6.45, 7) is 1.12. The highest BCUT2D eigenvalue weighted by atomic mass is 35.7. The molecular formula is C7H13ClO4S. The van der Waals surface area contributed by atoms with Gasteiger partial charge in [-0.2, -0.15) is 0 Å². The summed E-state index contributed by atoms with van der Waals surface area (Å²) in [5.74, 6) is -0.481. The van der Waals surface area contributed by atoms with Crippen molar-refractivity contribution in [2.75, 3.05) is 19.0 Å². The Morgan fingerprint density at radius 1 is 1.62 bits per heavy atom. The summed E-state index contributed by atoms with van der Waals surface area (Å²) < 4.78 is 26.4. The molecule has 2 atom stereocenters. The Bertz CT molecular complexity index is 245. The van der Waals surface area contributed by atoms with Gasteiger partial charge in [0, 0.05) is 23.2 Å². The molecule has 2 unspecified atom stereocenters. The van der Waals surface area contributed by atoms with E-state index in [0.29, 0.717) is 13.2 Å². The van der Waals surface area contributed by atoms with Gasteiger partial charge in [0.05, 0.1) is 18.5 Å². The first-order valence-electron chi connectivity index (χ1n) is 4.17. The molecule has 1 heterocycles. The van der Waals surface area contributed by atoms with Gasteiger partial charge in [-0.05, 0) is 12.8 Å². The van der Waals surface area contributed by atoms with Crippen molar-refractivity contribution in [2.24, 2.45) is 5.92 Å². The molecule has 1 rings (SSSR count). The molecule has 1 saturated heterocycles. The van der Waals surface area contributed by atoms with Crippen molar-refractivity contribution in [3.05, 3.63) is 0 Å². The number of rotatable bonds is 3. The fourth-order valence-corrected chi connectivity index (χ4v) is 2.48. The van der Waals surface area contributed by atoms with Crippen LogP contribution in [-0.4, -0.2) is 38.6 Å². The lowest BCUT2D eigenvalue weighted by Crippen LogP contribution is -2.33. The fraction of sp³-hybridized carbons (Fsp3) is 1.00. The molecule has 0 radical (unpaired) electrons. The molecule has 0 amide bonds. The Kier molecular flexibility index (Phi) is 3.97. The molecule has 0 bridgehead atoms. The van der Waals surface area contributed by atoms with Crippen LogP contribution in [-0.2, 0) is 13.8 Å². The fourth-order valence-electron chi connectivity index (χ4n) is 1.41. The van der Waals surface area contributed by atoms with Crippen LogP contribution >= 0.6 is 10.7 Å². The second-order valence-electron chi connectivity index (χ2n) is 3.25. The molecule has 0 saturated carbocycles. The van der Waals surface area contributed by atoms with E-state index < -0.39 is 15.2 Å². The molecule has 0 aromatic heterocycles. The first-order chi connectivity index (χ1) is 5.99. The highest BCUT2D eigenvalue weighted by Crippen LogP contribution is 2.19. The third kappa shape index (κ3) is 4.26. The first kappa shape index (κ1) is 11.2. The summed E-state index contributed by atoms with van der Waals surface area (Å²) in [6.07, 6.45) is 0.764. The van der Waals surface area contributed by atoms with E-state index in [4.69, 9.17) is 15.4 Å². The van der Waals surface area contributed by atoms with Crippen LogP contribution in [0.3, 0.4) is 0 Å².